The van der Waals surface area contributed by atoms with Crippen LogP contribution in [0.1, 0.15) is 17.9 Å². The van der Waals surface area contributed by atoms with Crippen molar-refractivity contribution in [2.45, 2.75) is 12.3 Å². The van der Waals surface area contributed by atoms with Crippen LogP contribution in [0.4, 0.5) is 0 Å². The molecule has 0 radical (unpaired) electrons. The van der Waals surface area contributed by atoms with Gasteiger partial charge in [0.15, 0.2) is 5.96 Å². The molecule has 22 heavy (non-hydrogen) atoms. The Labute approximate surface area is 150 Å². The molecular formula is C15H24IN3O2S. The molecule has 2 rings (SSSR count). The van der Waals surface area contributed by atoms with Crippen LogP contribution in [0, 0.1) is 0 Å². The van der Waals surface area contributed by atoms with Crippen molar-refractivity contribution in [1.29, 1.82) is 0 Å². The number of hydrogen-bond acceptors (Lipinski definition) is 3. The van der Waals surface area contributed by atoms with Gasteiger partial charge in [0, 0.05) is 38.9 Å². The van der Waals surface area contributed by atoms with E-state index in [0.29, 0.717) is 12.5 Å². The third kappa shape index (κ3) is 5.75. The van der Waals surface area contributed by atoms with Crippen molar-refractivity contribution in [3.05, 3.63) is 35.9 Å². The molecule has 1 aliphatic rings. The van der Waals surface area contributed by atoms with Gasteiger partial charge in [0.1, 0.15) is 9.84 Å². The molecule has 0 spiro atoms. The maximum absolute atomic E-state index is 11.2. The maximum Gasteiger partial charge on any atom is 0.193 e. The molecule has 0 amide bonds. The minimum Gasteiger partial charge on any atom is -0.355 e. The van der Waals surface area contributed by atoms with Crippen LogP contribution < -0.4 is 5.32 Å². The molecule has 1 aromatic rings. The molecule has 124 valence electrons. The quantitative estimate of drug-likeness (QED) is 0.443. The minimum absolute atomic E-state index is 0. The van der Waals surface area contributed by atoms with E-state index in [1.165, 1.54) is 11.8 Å². The van der Waals surface area contributed by atoms with E-state index in [1.54, 1.807) is 7.05 Å². The van der Waals surface area contributed by atoms with Crippen molar-refractivity contribution in [3.63, 3.8) is 0 Å². The summed E-state index contributed by atoms with van der Waals surface area (Å²) in [6.45, 7) is 2.26. The number of likely N-dealkylation sites (tertiary alicyclic amines) is 1. The molecule has 1 N–H and O–H groups in total. The Kier molecular flexibility index (Phi) is 7.61. The molecule has 7 heteroatoms. The molecule has 1 unspecified atom stereocenters. The number of sulfone groups is 1. The van der Waals surface area contributed by atoms with Gasteiger partial charge in [-0.25, -0.2) is 8.42 Å². The zero-order valence-electron chi connectivity index (χ0n) is 13.0. The molecule has 1 aliphatic heterocycles. The first kappa shape index (κ1) is 19.2. The van der Waals surface area contributed by atoms with Crippen LogP contribution in [0.2, 0.25) is 0 Å². The van der Waals surface area contributed by atoms with Gasteiger partial charge in [0.25, 0.3) is 0 Å². The Morgan fingerprint density at radius 3 is 2.64 bits per heavy atom. The second-order valence-corrected chi connectivity index (χ2v) is 7.71. The molecule has 5 nitrogen and oxygen atoms in total. The lowest BCUT2D eigenvalue weighted by Crippen LogP contribution is -2.41. The van der Waals surface area contributed by atoms with Gasteiger partial charge in [-0.3, -0.25) is 4.99 Å². The lowest BCUT2D eigenvalue weighted by molar-refractivity contribution is 0.488. The number of guanidine groups is 1. The Morgan fingerprint density at radius 1 is 1.36 bits per heavy atom. The molecule has 1 saturated heterocycles. The molecule has 1 aromatic carbocycles. The topological polar surface area (TPSA) is 61.8 Å². The summed E-state index contributed by atoms with van der Waals surface area (Å²) >= 11 is 0. The monoisotopic (exact) mass is 437 g/mol. The summed E-state index contributed by atoms with van der Waals surface area (Å²) < 4.78 is 22.3. The standard InChI is InChI=1S/C15H23N3O2S.HI/c1-16-15(17-9-11-21(2,19)20)18-10-8-14(12-18)13-6-4-3-5-7-13;/h3-7,14H,8-12H2,1-2H3,(H,16,17);1H. The lowest BCUT2D eigenvalue weighted by Gasteiger charge is -2.21. The summed E-state index contributed by atoms with van der Waals surface area (Å²) in [6.07, 6.45) is 2.34. The van der Waals surface area contributed by atoms with Crippen LogP contribution in [-0.2, 0) is 9.84 Å². The fourth-order valence-corrected chi connectivity index (χ4v) is 3.10. The molecule has 0 aromatic heterocycles. The van der Waals surface area contributed by atoms with Crippen LogP contribution >= 0.6 is 24.0 Å². The van der Waals surface area contributed by atoms with Gasteiger partial charge >= 0.3 is 0 Å². The Morgan fingerprint density at radius 2 is 2.05 bits per heavy atom. The van der Waals surface area contributed by atoms with E-state index in [2.05, 4.69) is 39.5 Å². The zero-order chi connectivity index (χ0) is 15.3. The fraction of sp³-hybridized carbons (Fsp3) is 0.533. The average molecular weight is 437 g/mol. The van der Waals surface area contributed by atoms with Crippen molar-refractivity contribution in [1.82, 2.24) is 10.2 Å². The molecule has 0 bridgehead atoms. The predicted octanol–water partition coefficient (Wildman–Crippen LogP) is 1.71. The second kappa shape index (κ2) is 8.71. The van der Waals surface area contributed by atoms with Gasteiger partial charge < -0.3 is 10.2 Å². The van der Waals surface area contributed by atoms with Crippen LogP contribution in [-0.4, -0.2) is 58.0 Å². The molecule has 1 heterocycles. The number of hydrogen-bond donors (Lipinski definition) is 1. The van der Waals surface area contributed by atoms with Gasteiger partial charge in [0.05, 0.1) is 5.75 Å². The lowest BCUT2D eigenvalue weighted by atomic mass is 9.99. The summed E-state index contributed by atoms with van der Waals surface area (Å²) in [4.78, 5) is 6.45. The molecular weight excluding hydrogens is 413 g/mol. The van der Waals surface area contributed by atoms with Gasteiger partial charge in [-0.2, -0.15) is 0 Å². The Balaban J connectivity index is 0.00000242. The Hall–Kier alpha value is -0.830. The van der Waals surface area contributed by atoms with Gasteiger partial charge in [-0.05, 0) is 12.0 Å². The number of aliphatic imine (C=N–C) groups is 1. The largest absolute Gasteiger partial charge is 0.355 e. The molecule has 1 atom stereocenters. The van der Waals surface area contributed by atoms with Crippen molar-refractivity contribution in [2.24, 2.45) is 4.99 Å². The highest BCUT2D eigenvalue weighted by molar-refractivity contribution is 14.0. The summed E-state index contributed by atoms with van der Waals surface area (Å²) in [5, 5.41) is 3.14. The van der Waals surface area contributed by atoms with Crippen molar-refractivity contribution in [3.8, 4) is 0 Å². The number of rotatable bonds is 4. The highest BCUT2D eigenvalue weighted by Crippen LogP contribution is 2.26. The number of benzene rings is 1. The molecule has 1 fully saturated rings. The van der Waals surface area contributed by atoms with Crippen molar-refractivity contribution in [2.75, 3.05) is 38.7 Å². The third-order valence-corrected chi connectivity index (χ3v) is 4.67. The minimum atomic E-state index is -2.94. The molecule has 0 aliphatic carbocycles. The van der Waals surface area contributed by atoms with E-state index < -0.39 is 9.84 Å². The highest BCUT2D eigenvalue weighted by Gasteiger charge is 2.25. The van der Waals surface area contributed by atoms with Crippen LogP contribution in [0.5, 0.6) is 0 Å². The van der Waals surface area contributed by atoms with Gasteiger partial charge in [-0.1, -0.05) is 30.3 Å². The van der Waals surface area contributed by atoms with Crippen LogP contribution in [0.15, 0.2) is 35.3 Å². The van der Waals surface area contributed by atoms with E-state index in [-0.39, 0.29) is 29.7 Å². The first-order chi connectivity index (χ1) is 9.99. The summed E-state index contributed by atoms with van der Waals surface area (Å²) in [5.41, 5.74) is 1.35. The normalized spacial score (nSPS) is 18.9. The van der Waals surface area contributed by atoms with E-state index in [9.17, 15) is 8.42 Å². The van der Waals surface area contributed by atoms with Gasteiger partial charge in [-0.15, -0.1) is 24.0 Å². The van der Waals surface area contributed by atoms with E-state index in [1.807, 2.05) is 6.07 Å². The predicted molar refractivity (Wildman–Crippen MR) is 102 cm³/mol. The SMILES string of the molecule is CN=C(NCCS(C)(=O)=O)N1CCC(c2ccccc2)C1.I. The summed E-state index contributed by atoms with van der Waals surface area (Å²) in [6, 6.07) is 10.5. The van der Waals surface area contributed by atoms with Crippen LogP contribution in [0.25, 0.3) is 0 Å². The maximum atomic E-state index is 11.2. The fourth-order valence-electron chi connectivity index (χ4n) is 2.63. The van der Waals surface area contributed by atoms with Crippen molar-refractivity contribution < 1.29 is 8.42 Å². The average Bonchev–Trinajstić information content (AvgIpc) is 2.93. The van der Waals surface area contributed by atoms with E-state index >= 15 is 0 Å². The number of halogens is 1. The summed E-state index contributed by atoms with van der Waals surface area (Å²) in [7, 11) is -1.21. The third-order valence-electron chi connectivity index (χ3n) is 3.73. The number of nitrogens with zero attached hydrogens (tertiary/aromatic N) is 2. The highest BCUT2D eigenvalue weighted by atomic mass is 127. The first-order valence-corrected chi connectivity index (χ1v) is 9.24. The number of nitrogens with one attached hydrogen (secondary N) is 1. The van der Waals surface area contributed by atoms with Crippen LogP contribution in [0.3, 0.4) is 0 Å². The van der Waals surface area contributed by atoms with Crippen molar-refractivity contribution >= 4 is 39.8 Å². The second-order valence-electron chi connectivity index (χ2n) is 5.45. The van der Waals surface area contributed by atoms with E-state index in [4.69, 9.17) is 0 Å². The van der Waals surface area contributed by atoms with E-state index in [0.717, 1.165) is 25.5 Å². The summed E-state index contributed by atoms with van der Waals surface area (Å²) in [5.74, 6) is 1.43. The Bertz CT molecular complexity index is 590. The molecule has 0 saturated carbocycles. The zero-order valence-corrected chi connectivity index (χ0v) is 16.2. The van der Waals surface area contributed by atoms with Gasteiger partial charge in [0.2, 0.25) is 0 Å². The first-order valence-electron chi connectivity index (χ1n) is 7.18. The smallest absolute Gasteiger partial charge is 0.193 e.